The predicted molar refractivity (Wildman–Crippen MR) is 95.4 cm³/mol. The van der Waals surface area contributed by atoms with Crippen LogP contribution in [0.3, 0.4) is 0 Å². The molecule has 0 heterocycles. The first kappa shape index (κ1) is 16.8. The van der Waals surface area contributed by atoms with Gasteiger partial charge in [0.15, 0.2) is 0 Å². The molecule has 0 spiro atoms. The van der Waals surface area contributed by atoms with Crippen LogP contribution in [0.2, 0.25) is 13.1 Å². The summed E-state index contributed by atoms with van der Waals surface area (Å²) in [7, 11) is -0.120. The van der Waals surface area contributed by atoms with Crippen LogP contribution in [0.1, 0.15) is 18.9 Å². The molecule has 0 bridgehead atoms. The third-order valence-corrected chi connectivity index (χ3v) is 6.68. The van der Waals surface area contributed by atoms with E-state index in [4.69, 9.17) is 9.16 Å². The van der Waals surface area contributed by atoms with Crippen LogP contribution in [0.4, 0.5) is 0 Å². The molecule has 0 fully saturated rings. The molecule has 0 N–H and O–H groups in total. The average molecular weight is 315 g/mol. The lowest BCUT2D eigenvalue weighted by Gasteiger charge is -2.28. The Morgan fingerprint density at radius 1 is 0.955 bits per heavy atom. The lowest BCUT2D eigenvalue weighted by atomic mass is 10.1. The molecular weight excluding hydrogens is 288 g/mol. The molecule has 0 aliphatic heterocycles. The number of rotatable bonds is 7. The van der Waals surface area contributed by atoms with Crippen LogP contribution in [0, 0.1) is 0 Å². The number of hydrogen-bond donors (Lipinski definition) is 0. The minimum Gasteiger partial charge on any atom is -0.497 e. The molecule has 22 heavy (non-hydrogen) atoms. The summed E-state index contributed by atoms with van der Waals surface area (Å²) in [6.07, 6.45) is 2.34. The molecule has 0 saturated carbocycles. The van der Waals surface area contributed by atoms with Gasteiger partial charge in [0.1, 0.15) is 5.75 Å². The summed E-state index contributed by atoms with van der Waals surface area (Å²) in [4.78, 5) is 0. The summed E-state index contributed by atoms with van der Waals surface area (Å²) in [5, 5.41) is 1.35. The van der Waals surface area contributed by atoms with Crippen LogP contribution >= 0.6 is 0 Å². The van der Waals surface area contributed by atoms with Crippen LogP contribution in [-0.2, 0) is 10.8 Å². The van der Waals surface area contributed by atoms with Crippen LogP contribution in [-0.4, -0.2) is 21.5 Å². The minimum absolute atomic E-state index is 0.268. The Bertz CT molecular complexity index is 564. The molecule has 1 unspecified atom stereocenters. The number of hydrogen-bond acceptors (Lipinski definition) is 2. The van der Waals surface area contributed by atoms with Crippen LogP contribution in [0.5, 0.6) is 5.75 Å². The van der Waals surface area contributed by atoms with E-state index in [2.05, 4.69) is 62.5 Å². The Morgan fingerprint density at radius 3 is 2.18 bits per heavy atom. The lowest BCUT2D eigenvalue weighted by molar-refractivity contribution is 0.207. The summed E-state index contributed by atoms with van der Waals surface area (Å²) in [5.74, 6) is 0.908. The van der Waals surface area contributed by atoms with Gasteiger partial charge >= 0.3 is 0 Å². The van der Waals surface area contributed by atoms with Gasteiger partial charge in [0.25, 0.3) is 0 Å². The van der Waals surface area contributed by atoms with E-state index in [9.17, 15) is 0 Å². The van der Waals surface area contributed by atoms with Gasteiger partial charge in [-0.05, 0) is 55.7 Å². The minimum atomic E-state index is -1.82. The molecule has 118 valence electrons. The van der Waals surface area contributed by atoms with Crippen molar-refractivity contribution in [2.75, 3.05) is 7.11 Å². The molecule has 2 aromatic rings. The molecule has 0 amide bonds. The molecule has 0 radical (unpaired) electrons. The number of ether oxygens (including phenoxy) is 1. The average Bonchev–Trinajstić information content (AvgIpc) is 2.54. The number of aryl methyl sites for hydroxylation is 1. The fraction of sp³-hybridized carbons (Fsp3) is 0.368. The summed E-state index contributed by atoms with van der Waals surface area (Å²) in [5.41, 5.74) is 1.33. The fourth-order valence-corrected chi connectivity index (χ4v) is 4.89. The third kappa shape index (κ3) is 4.72. The second-order valence-electron chi connectivity index (χ2n) is 6.19. The maximum absolute atomic E-state index is 6.40. The zero-order chi connectivity index (χ0) is 16.0. The van der Waals surface area contributed by atoms with E-state index in [1.807, 2.05) is 12.1 Å². The van der Waals surface area contributed by atoms with E-state index in [0.29, 0.717) is 0 Å². The Labute approximate surface area is 135 Å². The van der Waals surface area contributed by atoms with Crippen LogP contribution in [0.15, 0.2) is 54.6 Å². The topological polar surface area (TPSA) is 18.5 Å². The zero-order valence-corrected chi connectivity index (χ0v) is 15.0. The molecule has 0 aliphatic rings. The van der Waals surface area contributed by atoms with Crippen molar-refractivity contribution in [2.24, 2.45) is 0 Å². The highest BCUT2D eigenvalue weighted by atomic mass is 28.4. The van der Waals surface area contributed by atoms with Crippen molar-refractivity contribution >= 4 is 13.5 Å². The van der Waals surface area contributed by atoms with E-state index in [1.54, 1.807) is 7.11 Å². The summed E-state index contributed by atoms with van der Waals surface area (Å²) in [6.45, 7) is 6.72. The van der Waals surface area contributed by atoms with Crippen molar-refractivity contribution in [2.45, 2.75) is 39.0 Å². The first-order chi connectivity index (χ1) is 10.5. The molecule has 0 aliphatic carbocycles. The monoisotopic (exact) mass is 314 g/mol. The number of benzene rings is 2. The van der Waals surface area contributed by atoms with Crippen LogP contribution in [0.25, 0.3) is 0 Å². The quantitative estimate of drug-likeness (QED) is 0.715. The van der Waals surface area contributed by atoms with E-state index >= 15 is 0 Å². The highest BCUT2D eigenvalue weighted by molar-refractivity contribution is 6.84. The molecule has 0 saturated heterocycles. The van der Waals surface area contributed by atoms with Gasteiger partial charge in [0.05, 0.1) is 7.11 Å². The first-order valence-electron chi connectivity index (χ1n) is 7.87. The van der Waals surface area contributed by atoms with Crippen molar-refractivity contribution in [3.05, 3.63) is 60.2 Å². The summed E-state index contributed by atoms with van der Waals surface area (Å²) in [6, 6.07) is 18.9. The highest BCUT2D eigenvalue weighted by Gasteiger charge is 2.27. The molecule has 2 rings (SSSR count). The molecule has 1 atom stereocenters. The van der Waals surface area contributed by atoms with Gasteiger partial charge < -0.3 is 9.16 Å². The second-order valence-corrected chi connectivity index (χ2v) is 10.0. The molecule has 2 aromatic carbocycles. The molecule has 0 aromatic heterocycles. The molecule has 3 heteroatoms. The maximum Gasteiger partial charge on any atom is 0.218 e. The van der Waals surface area contributed by atoms with Crippen LogP contribution < -0.4 is 9.92 Å². The van der Waals surface area contributed by atoms with Crippen molar-refractivity contribution in [1.29, 1.82) is 0 Å². The fourth-order valence-electron chi connectivity index (χ4n) is 2.63. The smallest absolute Gasteiger partial charge is 0.218 e. The van der Waals surface area contributed by atoms with Gasteiger partial charge in [-0.3, -0.25) is 0 Å². The standard InChI is InChI=1S/C19H26O2Si/c1-16(10-11-17-12-14-18(20-2)15-13-17)21-22(3,4)19-8-6-5-7-9-19/h5-9,12-16H,10-11H2,1-4H3. The Balaban J connectivity index is 1.88. The molecule has 2 nitrogen and oxygen atoms in total. The van der Waals surface area contributed by atoms with Crippen molar-refractivity contribution in [1.82, 2.24) is 0 Å². The van der Waals surface area contributed by atoms with E-state index < -0.39 is 8.32 Å². The SMILES string of the molecule is COc1ccc(CCC(C)O[Si](C)(C)c2ccccc2)cc1. The second kappa shape index (κ2) is 7.61. The first-order valence-corrected chi connectivity index (χ1v) is 10.8. The van der Waals surface area contributed by atoms with Gasteiger partial charge in [-0.1, -0.05) is 42.5 Å². The van der Waals surface area contributed by atoms with Gasteiger partial charge in [0, 0.05) is 6.10 Å². The molecular formula is C19H26O2Si. The van der Waals surface area contributed by atoms with Gasteiger partial charge in [-0.15, -0.1) is 0 Å². The maximum atomic E-state index is 6.40. The Morgan fingerprint density at radius 2 is 1.59 bits per heavy atom. The van der Waals surface area contributed by atoms with Gasteiger partial charge in [0.2, 0.25) is 8.32 Å². The Hall–Kier alpha value is -1.58. The summed E-state index contributed by atoms with van der Waals surface area (Å²) >= 11 is 0. The van der Waals surface area contributed by atoms with Gasteiger partial charge in [-0.25, -0.2) is 0 Å². The van der Waals surface area contributed by atoms with Crippen molar-refractivity contribution in [3.8, 4) is 5.75 Å². The van der Waals surface area contributed by atoms with Crippen molar-refractivity contribution < 1.29 is 9.16 Å². The van der Waals surface area contributed by atoms with E-state index in [-0.39, 0.29) is 6.10 Å². The number of methoxy groups -OCH3 is 1. The normalized spacial score (nSPS) is 12.9. The zero-order valence-electron chi connectivity index (χ0n) is 14.0. The summed E-state index contributed by atoms with van der Waals surface area (Å²) < 4.78 is 11.6. The lowest BCUT2D eigenvalue weighted by Crippen LogP contribution is -2.46. The largest absolute Gasteiger partial charge is 0.497 e. The highest BCUT2D eigenvalue weighted by Crippen LogP contribution is 2.16. The van der Waals surface area contributed by atoms with E-state index in [1.165, 1.54) is 10.8 Å². The van der Waals surface area contributed by atoms with E-state index in [0.717, 1.165) is 18.6 Å². The Kier molecular flexibility index (Phi) is 5.81. The predicted octanol–water partition coefficient (Wildman–Crippen LogP) is 4.15. The van der Waals surface area contributed by atoms with Gasteiger partial charge in [-0.2, -0.15) is 0 Å². The van der Waals surface area contributed by atoms with Crippen molar-refractivity contribution in [3.63, 3.8) is 0 Å². The third-order valence-electron chi connectivity index (χ3n) is 3.96.